The molecule has 2 N–H and O–H groups in total. The van der Waals surface area contributed by atoms with Crippen LogP contribution in [0.15, 0.2) is 43.1 Å². The summed E-state index contributed by atoms with van der Waals surface area (Å²) in [5, 5.41) is 9.96. The van der Waals surface area contributed by atoms with Gasteiger partial charge in [0.15, 0.2) is 0 Å². The van der Waals surface area contributed by atoms with Crippen LogP contribution in [0.3, 0.4) is 0 Å². The van der Waals surface area contributed by atoms with Gasteiger partial charge in [0.1, 0.15) is 5.69 Å². The summed E-state index contributed by atoms with van der Waals surface area (Å²) in [5.74, 6) is -2.98. The first-order chi connectivity index (χ1) is 13.5. The van der Waals surface area contributed by atoms with Crippen LogP contribution < -0.4 is 5.32 Å². The molecule has 2 heterocycles. The number of carbonyl (C=O) groups is 2. The molecule has 1 aromatic carbocycles. The summed E-state index contributed by atoms with van der Waals surface area (Å²) < 4.78 is 35.5. The van der Waals surface area contributed by atoms with E-state index in [4.69, 9.17) is 9.90 Å². The van der Waals surface area contributed by atoms with E-state index >= 15 is 0 Å². The summed E-state index contributed by atoms with van der Waals surface area (Å²) in [5.41, 5.74) is 4.24. The van der Waals surface area contributed by atoms with Crippen molar-refractivity contribution in [3.05, 3.63) is 60.2 Å². The minimum atomic E-state index is -5.08. The maximum atomic E-state index is 12.0. The smallest absolute Gasteiger partial charge is 0.475 e. The zero-order chi connectivity index (χ0) is 21.8. The van der Waals surface area contributed by atoms with Crippen molar-refractivity contribution in [2.24, 2.45) is 7.05 Å². The Balaban J connectivity index is 0.000000370. The molecule has 154 valence electrons. The molecule has 1 amide bonds. The second kappa shape index (κ2) is 8.59. The van der Waals surface area contributed by atoms with Crippen LogP contribution in [0.25, 0.3) is 5.69 Å². The summed E-state index contributed by atoms with van der Waals surface area (Å²) in [6.45, 7) is 4.01. The predicted octanol–water partition coefficient (Wildman–Crippen LogP) is 3.11. The number of anilines is 1. The van der Waals surface area contributed by atoms with Crippen molar-refractivity contribution < 1.29 is 27.9 Å². The monoisotopic (exact) mass is 409 g/mol. The highest BCUT2D eigenvalue weighted by molar-refractivity contribution is 6.02. The Morgan fingerprint density at radius 1 is 1.07 bits per heavy atom. The highest BCUT2D eigenvalue weighted by Crippen LogP contribution is 2.17. The number of hydrogen-bond donors (Lipinski definition) is 2. The topological polar surface area (TPSA) is 102 Å². The third kappa shape index (κ3) is 5.67. The standard InChI is InChI=1S/C16H17N5O.C2HF3O2/c1-11-12(2)21(10-17-11)14-6-4-13(5-7-14)19-16(22)15-8-20(3)9-18-15;3-2(4,5)1(6)7/h4-10H,1-3H3,(H,19,22);(H,6,7). The number of nitrogens with one attached hydrogen (secondary N) is 1. The Bertz CT molecular complexity index is 1010. The maximum Gasteiger partial charge on any atom is 0.490 e. The van der Waals surface area contributed by atoms with E-state index in [1.807, 2.05) is 49.7 Å². The first-order valence-corrected chi connectivity index (χ1v) is 8.19. The Kier molecular flexibility index (Phi) is 6.42. The second-order valence-corrected chi connectivity index (χ2v) is 6.01. The van der Waals surface area contributed by atoms with Gasteiger partial charge in [0, 0.05) is 30.3 Å². The van der Waals surface area contributed by atoms with Crippen molar-refractivity contribution in [1.82, 2.24) is 19.1 Å². The van der Waals surface area contributed by atoms with Crippen LogP contribution in [0.5, 0.6) is 0 Å². The Morgan fingerprint density at radius 3 is 2.07 bits per heavy atom. The van der Waals surface area contributed by atoms with E-state index in [1.54, 1.807) is 23.4 Å². The number of nitrogens with zero attached hydrogens (tertiary/aromatic N) is 4. The minimum absolute atomic E-state index is 0.219. The zero-order valence-corrected chi connectivity index (χ0v) is 15.7. The van der Waals surface area contributed by atoms with Crippen LogP contribution >= 0.6 is 0 Å². The fourth-order valence-electron chi connectivity index (χ4n) is 2.19. The number of halogens is 3. The van der Waals surface area contributed by atoms with Gasteiger partial charge in [-0.05, 0) is 38.1 Å². The summed E-state index contributed by atoms with van der Waals surface area (Å²) in [4.78, 5) is 29.3. The van der Waals surface area contributed by atoms with Gasteiger partial charge >= 0.3 is 12.1 Å². The van der Waals surface area contributed by atoms with Crippen molar-refractivity contribution in [3.8, 4) is 5.69 Å². The van der Waals surface area contributed by atoms with Gasteiger partial charge < -0.3 is 19.6 Å². The van der Waals surface area contributed by atoms with Gasteiger partial charge in [-0.25, -0.2) is 14.8 Å². The van der Waals surface area contributed by atoms with Gasteiger partial charge in [-0.2, -0.15) is 13.2 Å². The van der Waals surface area contributed by atoms with Crippen LogP contribution in [-0.2, 0) is 11.8 Å². The molecular formula is C18H18F3N5O3. The molecule has 0 saturated carbocycles. The van der Waals surface area contributed by atoms with Gasteiger partial charge in [0.05, 0.1) is 18.3 Å². The summed E-state index contributed by atoms with van der Waals surface area (Å²) >= 11 is 0. The minimum Gasteiger partial charge on any atom is -0.475 e. The molecule has 0 spiro atoms. The molecule has 0 bridgehead atoms. The molecule has 0 saturated heterocycles. The number of carbonyl (C=O) groups excluding carboxylic acids is 1. The van der Waals surface area contributed by atoms with Crippen LogP contribution in [0, 0.1) is 13.8 Å². The predicted molar refractivity (Wildman–Crippen MR) is 97.9 cm³/mol. The Hall–Kier alpha value is -3.63. The van der Waals surface area contributed by atoms with E-state index in [9.17, 15) is 18.0 Å². The molecule has 0 unspecified atom stereocenters. The average Bonchev–Trinajstić information content (AvgIpc) is 3.22. The molecule has 8 nitrogen and oxygen atoms in total. The van der Waals surface area contributed by atoms with Crippen molar-refractivity contribution in [3.63, 3.8) is 0 Å². The van der Waals surface area contributed by atoms with Crippen molar-refractivity contribution in [2.75, 3.05) is 5.32 Å². The van der Waals surface area contributed by atoms with E-state index in [-0.39, 0.29) is 5.91 Å². The molecule has 0 aliphatic rings. The SMILES string of the molecule is Cc1ncn(-c2ccc(NC(=O)c3cn(C)cn3)cc2)c1C.O=C(O)C(F)(F)F. The van der Waals surface area contributed by atoms with Crippen molar-refractivity contribution in [1.29, 1.82) is 0 Å². The van der Waals surface area contributed by atoms with Gasteiger partial charge in [-0.1, -0.05) is 0 Å². The summed E-state index contributed by atoms with van der Waals surface area (Å²) in [6, 6.07) is 7.63. The number of alkyl halides is 3. The van der Waals surface area contributed by atoms with Gasteiger partial charge in [-0.15, -0.1) is 0 Å². The Morgan fingerprint density at radius 2 is 1.66 bits per heavy atom. The number of aromatic nitrogens is 4. The van der Waals surface area contributed by atoms with E-state index < -0.39 is 12.1 Å². The fraction of sp³-hybridized carbons (Fsp3) is 0.222. The summed E-state index contributed by atoms with van der Waals surface area (Å²) in [6.07, 6.45) is -0.00433. The van der Waals surface area contributed by atoms with Crippen molar-refractivity contribution >= 4 is 17.6 Å². The number of amides is 1. The lowest BCUT2D eigenvalue weighted by atomic mass is 10.2. The highest BCUT2D eigenvalue weighted by atomic mass is 19.4. The number of carboxylic acid groups (broad SMARTS) is 1. The first kappa shape index (κ1) is 21.7. The number of carboxylic acids is 1. The normalized spacial score (nSPS) is 10.8. The maximum absolute atomic E-state index is 12.0. The Labute approximate surface area is 163 Å². The van der Waals surface area contributed by atoms with E-state index in [0.717, 1.165) is 22.8 Å². The van der Waals surface area contributed by atoms with E-state index in [0.29, 0.717) is 5.69 Å². The largest absolute Gasteiger partial charge is 0.490 e. The lowest BCUT2D eigenvalue weighted by molar-refractivity contribution is -0.192. The molecule has 0 aliphatic heterocycles. The van der Waals surface area contributed by atoms with Crippen LogP contribution in [0.4, 0.5) is 18.9 Å². The average molecular weight is 409 g/mol. The molecule has 3 rings (SSSR count). The molecule has 29 heavy (non-hydrogen) atoms. The lowest BCUT2D eigenvalue weighted by Crippen LogP contribution is -2.21. The van der Waals surface area contributed by atoms with Gasteiger partial charge in [0.2, 0.25) is 0 Å². The number of aryl methyl sites for hydroxylation is 2. The number of rotatable bonds is 3. The van der Waals surface area contributed by atoms with Crippen LogP contribution in [0.2, 0.25) is 0 Å². The van der Waals surface area contributed by atoms with Crippen molar-refractivity contribution in [2.45, 2.75) is 20.0 Å². The molecule has 0 radical (unpaired) electrons. The van der Waals surface area contributed by atoms with E-state index in [1.165, 1.54) is 0 Å². The highest BCUT2D eigenvalue weighted by Gasteiger charge is 2.38. The second-order valence-electron chi connectivity index (χ2n) is 6.01. The zero-order valence-electron chi connectivity index (χ0n) is 15.7. The lowest BCUT2D eigenvalue weighted by Gasteiger charge is -2.08. The number of imidazole rings is 2. The third-order valence-electron chi connectivity index (χ3n) is 3.84. The fourth-order valence-corrected chi connectivity index (χ4v) is 2.19. The number of hydrogen-bond acceptors (Lipinski definition) is 4. The molecule has 0 aliphatic carbocycles. The molecule has 11 heteroatoms. The molecule has 2 aromatic heterocycles. The number of aliphatic carboxylic acids is 1. The molecule has 3 aromatic rings. The number of benzene rings is 1. The molecule has 0 fully saturated rings. The third-order valence-corrected chi connectivity index (χ3v) is 3.84. The van der Waals surface area contributed by atoms with E-state index in [2.05, 4.69) is 15.3 Å². The van der Waals surface area contributed by atoms with Crippen LogP contribution in [-0.4, -0.2) is 42.3 Å². The molecular weight excluding hydrogens is 391 g/mol. The van der Waals surface area contributed by atoms with Crippen LogP contribution in [0.1, 0.15) is 21.9 Å². The van der Waals surface area contributed by atoms with Gasteiger partial charge in [0.25, 0.3) is 5.91 Å². The van der Waals surface area contributed by atoms with Gasteiger partial charge in [-0.3, -0.25) is 4.79 Å². The molecule has 0 atom stereocenters. The quantitative estimate of drug-likeness (QED) is 0.692. The first-order valence-electron chi connectivity index (χ1n) is 8.19. The summed E-state index contributed by atoms with van der Waals surface area (Å²) in [7, 11) is 1.83.